The van der Waals surface area contributed by atoms with Gasteiger partial charge in [0, 0.05) is 48.0 Å². The minimum atomic E-state index is -0.0398. The van der Waals surface area contributed by atoms with Gasteiger partial charge in [-0.25, -0.2) is 4.98 Å². The summed E-state index contributed by atoms with van der Waals surface area (Å²) < 4.78 is 7.35. The van der Waals surface area contributed by atoms with Gasteiger partial charge in [0.25, 0.3) is 0 Å². The van der Waals surface area contributed by atoms with Gasteiger partial charge in [0.1, 0.15) is 5.82 Å². The molecule has 2 unspecified atom stereocenters. The largest absolute Gasteiger partial charge is 0.378 e. The number of nitrogens with zero attached hydrogens (tertiary/aromatic N) is 5. The average Bonchev–Trinajstić information content (AvgIpc) is 3.20. The van der Waals surface area contributed by atoms with E-state index in [2.05, 4.69) is 25.3 Å². The average molecular weight is 378 g/mol. The number of morpholine rings is 1. The smallest absolute Gasteiger partial charge is 0.239 e. The lowest BCUT2D eigenvalue weighted by molar-refractivity contribution is -0.120. The number of hydrogen-bond acceptors (Lipinski definition) is 6. The third-order valence-corrected chi connectivity index (χ3v) is 5.59. The molecule has 0 saturated carbocycles. The van der Waals surface area contributed by atoms with E-state index in [4.69, 9.17) is 4.74 Å². The molecule has 2 bridgehead atoms. The molecule has 5 heterocycles. The van der Waals surface area contributed by atoms with Crippen molar-refractivity contribution in [2.45, 2.75) is 24.9 Å². The fraction of sp³-hybridized carbons (Fsp3) is 0.400. The monoisotopic (exact) mass is 378 g/mol. The normalized spacial score (nSPS) is 21.9. The first-order valence-corrected chi connectivity index (χ1v) is 9.54. The van der Waals surface area contributed by atoms with E-state index >= 15 is 0 Å². The summed E-state index contributed by atoms with van der Waals surface area (Å²) in [5, 5.41) is 8.07. The van der Waals surface area contributed by atoms with E-state index in [1.165, 1.54) is 0 Å². The summed E-state index contributed by atoms with van der Waals surface area (Å²) >= 11 is 0. The molecule has 1 N–H and O–H groups in total. The number of fused-ring (bicyclic) bond motifs is 3. The van der Waals surface area contributed by atoms with Gasteiger partial charge in [-0.05, 0) is 25.0 Å². The second-order valence-electron chi connectivity index (χ2n) is 7.53. The van der Waals surface area contributed by atoms with Gasteiger partial charge in [0.15, 0.2) is 0 Å². The number of aromatic nitrogens is 4. The molecule has 0 spiro atoms. The van der Waals surface area contributed by atoms with E-state index in [1.807, 2.05) is 37.8 Å². The summed E-state index contributed by atoms with van der Waals surface area (Å²) in [6.45, 7) is 1.83. The third kappa shape index (κ3) is 3.25. The Morgan fingerprint density at radius 2 is 1.96 bits per heavy atom. The lowest BCUT2D eigenvalue weighted by Gasteiger charge is -2.33. The van der Waals surface area contributed by atoms with Crippen LogP contribution in [0.25, 0.3) is 22.0 Å². The van der Waals surface area contributed by atoms with Crippen molar-refractivity contribution in [1.82, 2.24) is 24.6 Å². The second kappa shape index (κ2) is 6.96. The van der Waals surface area contributed by atoms with E-state index in [0.29, 0.717) is 24.4 Å². The molecular weight excluding hydrogens is 356 g/mol. The lowest BCUT2D eigenvalue weighted by Crippen LogP contribution is -2.48. The van der Waals surface area contributed by atoms with Gasteiger partial charge < -0.3 is 10.1 Å². The minimum absolute atomic E-state index is 0.0398. The van der Waals surface area contributed by atoms with E-state index in [9.17, 15) is 4.79 Å². The molecule has 0 radical (unpaired) electrons. The van der Waals surface area contributed by atoms with Crippen molar-refractivity contribution in [2.24, 2.45) is 7.05 Å². The van der Waals surface area contributed by atoms with Crippen LogP contribution in [0.5, 0.6) is 0 Å². The van der Waals surface area contributed by atoms with Gasteiger partial charge in [-0.3, -0.25) is 19.4 Å². The van der Waals surface area contributed by atoms with E-state index in [-0.39, 0.29) is 5.91 Å². The summed E-state index contributed by atoms with van der Waals surface area (Å²) in [7, 11) is 1.89. The number of pyridine rings is 2. The first kappa shape index (κ1) is 17.3. The molecule has 2 atom stereocenters. The van der Waals surface area contributed by atoms with Gasteiger partial charge in [-0.2, -0.15) is 5.10 Å². The van der Waals surface area contributed by atoms with Crippen LogP contribution in [0, 0.1) is 0 Å². The van der Waals surface area contributed by atoms with Crippen molar-refractivity contribution in [3.8, 4) is 11.1 Å². The molecule has 1 amide bonds. The first-order chi connectivity index (χ1) is 13.7. The van der Waals surface area contributed by atoms with Crippen molar-refractivity contribution in [2.75, 3.05) is 25.1 Å². The Bertz CT molecular complexity index is 1020. The molecule has 0 aliphatic carbocycles. The van der Waals surface area contributed by atoms with Crippen LogP contribution in [0.15, 0.2) is 36.9 Å². The summed E-state index contributed by atoms with van der Waals surface area (Å²) in [4.78, 5) is 23.7. The lowest BCUT2D eigenvalue weighted by atomic mass is 10.1. The number of hydrogen-bond donors (Lipinski definition) is 1. The van der Waals surface area contributed by atoms with Crippen molar-refractivity contribution in [1.29, 1.82) is 0 Å². The van der Waals surface area contributed by atoms with Crippen LogP contribution in [0.2, 0.25) is 0 Å². The van der Waals surface area contributed by atoms with Crippen LogP contribution in [-0.2, 0) is 16.6 Å². The third-order valence-electron chi connectivity index (χ3n) is 5.59. The van der Waals surface area contributed by atoms with Gasteiger partial charge in [-0.15, -0.1) is 0 Å². The number of carbonyl (C=O) groups is 1. The molecule has 28 heavy (non-hydrogen) atoms. The van der Waals surface area contributed by atoms with Gasteiger partial charge in [0.2, 0.25) is 5.91 Å². The predicted molar refractivity (Wildman–Crippen MR) is 105 cm³/mol. The maximum Gasteiger partial charge on any atom is 0.239 e. The molecule has 2 fully saturated rings. The predicted octanol–water partition coefficient (Wildman–Crippen LogP) is 1.83. The number of ether oxygens (including phenoxy) is 1. The van der Waals surface area contributed by atoms with Crippen LogP contribution < -0.4 is 5.32 Å². The first-order valence-electron chi connectivity index (χ1n) is 9.54. The van der Waals surface area contributed by atoms with Crippen LogP contribution in [0.4, 0.5) is 5.82 Å². The molecule has 8 heteroatoms. The molecular formula is C20H22N6O2. The topological polar surface area (TPSA) is 85.2 Å². The van der Waals surface area contributed by atoms with Crippen LogP contribution >= 0.6 is 0 Å². The molecule has 3 aromatic rings. The standard InChI is InChI=1S/C20H22N6O2/c1-25-9-15(7-23-25)14-4-13-5-19(22-8-18(13)21-6-14)24-20(27)10-26-16-2-3-17(26)12-28-11-16/h4-9,16-17H,2-3,10-12H2,1H3,(H,22,24,27). The Morgan fingerprint density at radius 1 is 1.14 bits per heavy atom. The Kier molecular flexibility index (Phi) is 4.29. The summed E-state index contributed by atoms with van der Waals surface area (Å²) in [6, 6.07) is 4.63. The molecule has 3 aromatic heterocycles. The molecule has 0 aromatic carbocycles. The highest BCUT2D eigenvalue weighted by molar-refractivity contribution is 5.94. The van der Waals surface area contributed by atoms with Crippen molar-refractivity contribution < 1.29 is 9.53 Å². The number of carbonyl (C=O) groups excluding carboxylic acids is 1. The molecule has 2 saturated heterocycles. The zero-order valence-electron chi connectivity index (χ0n) is 15.7. The Balaban J connectivity index is 1.33. The van der Waals surface area contributed by atoms with E-state index in [1.54, 1.807) is 10.9 Å². The second-order valence-corrected chi connectivity index (χ2v) is 7.53. The van der Waals surface area contributed by atoms with Crippen molar-refractivity contribution in [3.63, 3.8) is 0 Å². The van der Waals surface area contributed by atoms with Crippen molar-refractivity contribution >= 4 is 22.6 Å². The molecule has 144 valence electrons. The highest BCUT2D eigenvalue weighted by Gasteiger charge is 2.38. The maximum atomic E-state index is 12.6. The zero-order valence-corrected chi connectivity index (χ0v) is 15.7. The summed E-state index contributed by atoms with van der Waals surface area (Å²) in [6.07, 6.45) is 9.47. The van der Waals surface area contributed by atoms with E-state index < -0.39 is 0 Å². The van der Waals surface area contributed by atoms with Crippen LogP contribution in [0.1, 0.15) is 12.8 Å². The highest BCUT2D eigenvalue weighted by atomic mass is 16.5. The van der Waals surface area contributed by atoms with Gasteiger partial charge in [-0.1, -0.05) is 0 Å². The Labute approximate surface area is 162 Å². The molecule has 5 rings (SSSR count). The molecule has 8 nitrogen and oxygen atoms in total. The number of rotatable bonds is 4. The van der Waals surface area contributed by atoms with Crippen LogP contribution in [-0.4, -0.2) is 62.4 Å². The molecule has 2 aliphatic heterocycles. The number of aryl methyl sites for hydroxylation is 1. The maximum absolute atomic E-state index is 12.6. The van der Waals surface area contributed by atoms with E-state index in [0.717, 1.165) is 48.1 Å². The number of nitrogens with one attached hydrogen (secondary N) is 1. The fourth-order valence-corrected chi connectivity index (χ4v) is 4.15. The van der Waals surface area contributed by atoms with Gasteiger partial charge in [0.05, 0.1) is 37.7 Å². The van der Waals surface area contributed by atoms with Crippen LogP contribution in [0.3, 0.4) is 0 Å². The Morgan fingerprint density at radius 3 is 2.71 bits per heavy atom. The Hall–Kier alpha value is -2.84. The number of anilines is 1. The fourth-order valence-electron chi connectivity index (χ4n) is 4.15. The van der Waals surface area contributed by atoms with Gasteiger partial charge >= 0.3 is 0 Å². The minimum Gasteiger partial charge on any atom is -0.378 e. The number of amides is 1. The summed E-state index contributed by atoms with van der Waals surface area (Å²) in [5.41, 5.74) is 2.77. The zero-order chi connectivity index (χ0) is 19.1. The van der Waals surface area contributed by atoms with Crippen molar-refractivity contribution in [3.05, 3.63) is 36.9 Å². The SMILES string of the molecule is Cn1cc(-c2cnc3cnc(NC(=O)CN4C5CCC4COC5)cc3c2)cn1. The highest BCUT2D eigenvalue weighted by Crippen LogP contribution is 2.28. The summed E-state index contributed by atoms with van der Waals surface area (Å²) in [5.74, 6) is 0.505. The molecule has 2 aliphatic rings. The quantitative estimate of drug-likeness (QED) is 0.746.